The third kappa shape index (κ3) is 3.13. The van der Waals surface area contributed by atoms with Crippen LogP contribution in [0.25, 0.3) is 0 Å². The molecule has 0 saturated heterocycles. The van der Waals surface area contributed by atoms with Crippen LogP contribution in [0.2, 0.25) is 0 Å². The van der Waals surface area contributed by atoms with Gasteiger partial charge in [-0.2, -0.15) is 0 Å². The lowest BCUT2D eigenvalue weighted by Crippen LogP contribution is -2.10. The zero-order chi connectivity index (χ0) is 8.97. The van der Waals surface area contributed by atoms with Crippen LogP contribution in [0.4, 0.5) is 14.6 Å². The molecule has 0 aliphatic carbocycles. The summed E-state index contributed by atoms with van der Waals surface area (Å²) in [5, 5.41) is 2.49. The Morgan fingerprint density at radius 2 is 2.25 bits per heavy atom. The molecule has 0 fully saturated rings. The number of hydrogen-bond acceptors (Lipinski definition) is 2. The van der Waals surface area contributed by atoms with Crippen molar-refractivity contribution in [1.82, 2.24) is 4.98 Å². The van der Waals surface area contributed by atoms with Gasteiger partial charge in [0, 0.05) is 0 Å². The quantitative estimate of drug-likeness (QED) is 0.817. The summed E-state index contributed by atoms with van der Waals surface area (Å²) in [6.45, 7) is -0.372. The molecule has 0 radical (unpaired) electrons. The molecule has 1 N–H and O–H groups in total. The summed E-state index contributed by atoms with van der Waals surface area (Å²) in [7, 11) is 0. The van der Waals surface area contributed by atoms with Gasteiger partial charge in [-0.15, -0.1) is 0 Å². The number of aromatic nitrogens is 1. The molecule has 1 rings (SSSR count). The lowest BCUT2D eigenvalue weighted by molar-refractivity contribution is 0.163. The van der Waals surface area contributed by atoms with Crippen molar-refractivity contribution in [3.63, 3.8) is 0 Å². The molecule has 5 heteroatoms. The summed E-state index contributed by atoms with van der Waals surface area (Å²) in [5.74, 6) is 0.449. The predicted octanol–water partition coefficient (Wildman–Crippen LogP) is 2.52. The van der Waals surface area contributed by atoms with E-state index in [1.54, 1.807) is 18.2 Å². The van der Waals surface area contributed by atoms with Crippen molar-refractivity contribution >= 4 is 21.7 Å². The van der Waals surface area contributed by atoms with Crippen molar-refractivity contribution in [3.05, 3.63) is 22.8 Å². The second kappa shape index (κ2) is 4.35. The van der Waals surface area contributed by atoms with E-state index in [1.807, 2.05) is 0 Å². The lowest BCUT2D eigenvalue weighted by Gasteiger charge is -2.03. The molecule has 0 saturated carbocycles. The zero-order valence-electron chi connectivity index (χ0n) is 6.10. The van der Waals surface area contributed by atoms with E-state index in [1.165, 1.54) is 0 Å². The maximum absolute atomic E-state index is 11.7. The fourth-order valence-electron chi connectivity index (χ4n) is 0.688. The van der Waals surface area contributed by atoms with Gasteiger partial charge < -0.3 is 5.32 Å². The Morgan fingerprint density at radius 3 is 2.83 bits per heavy atom. The van der Waals surface area contributed by atoms with Gasteiger partial charge in [0.15, 0.2) is 0 Å². The van der Waals surface area contributed by atoms with E-state index in [2.05, 4.69) is 26.2 Å². The van der Waals surface area contributed by atoms with Crippen molar-refractivity contribution in [3.8, 4) is 0 Å². The number of halogens is 3. The van der Waals surface area contributed by atoms with Crippen LogP contribution in [-0.2, 0) is 0 Å². The number of nitrogens with one attached hydrogen (secondary N) is 1. The van der Waals surface area contributed by atoms with Crippen LogP contribution in [0.15, 0.2) is 22.8 Å². The molecule has 0 spiro atoms. The maximum atomic E-state index is 11.7. The molecule has 12 heavy (non-hydrogen) atoms. The van der Waals surface area contributed by atoms with Gasteiger partial charge in [0.1, 0.15) is 10.4 Å². The van der Waals surface area contributed by atoms with E-state index < -0.39 is 6.43 Å². The largest absolute Gasteiger partial charge is 0.364 e. The number of alkyl halides is 2. The Bertz CT molecular complexity index is 255. The average Bonchev–Trinajstić information content (AvgIpc) is 2.01. The van der Waals surface area contributed by atoms with Crippen LogP contribution >= 0.6 is 15.9 Å². The predicted molar refractivity (Wildman–Crippen MR) is 46.4 cm³/mol. The second-order valence-electron chi connectivity index (χ2n) is 2.12. The van der Waals surface area contributed by atoms with Crippen LogP contribution in [0.5, 0.6) is 0 Å². The van der Waals surface area contributed by atoms with Crippen molar-refractivity contribution in [2.45, 2.75) is 6.43 Å². The minimum Gasteiger partial charge on any atom is -0.364 e. The smallest absolute Gasteiger partial charge is 0.255 e. The molecule has 0 aliphatic rings. The normalized spacial score (nSPS) is 10.3. The molecule has 2 nitrogen and oxygen atoms in total. The van der Waals surface area contributed by atoms with Gasteiger partial charge in [-0.05, 0) is 28.1 Å². The molecule has 0 aromatic carbocycles. The van der Waals surface area contributed by atoms with Crippen molar-refractivity contribution in [2.24, 2.45) is 0 Å². The Hall–Kier alpha value is -0.710. The van der Waals surface area contributed by atoms with Crippen molar-refractivity contribution < 1.29 is 8.78 Å². The fraction of sp³-hybridized carbons (Fsp3) is 0.286. The van der Waals surface area contributed by atoms with Crippen LogP contribution in [0.3, 0.4) is 0 Å². The highest BCUT2D eigenvalue weighted by molar-refractivity contribution is 9.10. The summed E-state index contributed by atoms with van der Waals surface area (Å²) in [6, 6.07) is 5.09. The standard InChI is InChI=1S/C7H7BrF2N2/c8-5-2-1-3-7(12-5)11-4-6(9)10/h1-3,6H,4H2,(H,11,12). The average molecular weight is 237 g/mol. The first-order valence-corrected chi connectivity index (χ1v) is 4.12. The first-order valence-electron chi connectivity index (χ1n) is 3.33. The molecule has 1 aromatic heterocycles. The van der Waals surface area contributed by atoms with Gasteiger partial charge in [0.05, 0.1) is 6.54 Å². The number of nitrogens with zero attached hydrogens (tertiary/aromatic N) is 1. The van der Waals surface area contributed by atoms with E-state index in [-0.39, 0.29) is 6.54 Å². The minimum atomic E-state index is -2.36. The topological polar surface area (TPSA) is 24.9 Å². The second-order valence-corrected chi connectivity index (χ2v) is 2.93. The number of pyridine rings is 1. The molecule has 0 atom stereocenters. The summed E-state index contributed by atoms with van der Waals surface area (Å²) < 4.78 is 24.1. The molecule has 0 unspecified atom stereocenters. The first kappa shape index (κ1) is 9.38. The van der Waals surface area contributed by atoms with E-state index >= 15 is 0 Å². The van der Waals surface area contributed by atoms with Gasteiger partial charge in [-0.1, -0.05) is 6.07 Å². The van der Waals surface area contributed by atoms with Gasteiger partial charge in [0.25, 0.3) is 6.43 Å². The maximum Gasteiger partial charge on any atom is 0.255 e. The highest BCUT2D eigenvalue weighted by atomic mass is 79.9. The number of hydrogen-bond donors (Lipinski definition) is 1. The van der Waals surface area contributed by atoms with Crippen molar-refractivity contribution in [2.75, 3.05) is 11.9 Å². The van der Waals surface area contributed by atoms with Crippen LogP contribution in [0, 0.1) is 0 Å². The SMILES string of the molecule is FC(F)CNc1cccc(Br)n1. The van der Waals surface area contributed by atoms with E-state index in [0.717, 1.165) is 0 Å². The van der Waals surface area contributed by atoms with Crippen LogP contribution in [0.1, 0.15) is 0 Å². The van der Waals surface area contributed by atoms with Crippen LogP contribution < -0.4 is 5.32 Å². The summed E-state index contributed by atoms with van der Waals surface area (Å²) >= 11 is 3.13. The minimum absolute atomic E-state index is 0.372. The summed E-state index contributed by atoms with van der Waals surface area (Å²) in [4.78, 5) is 3.92. The number of rotatable bonds is 3. The molecule has 66 valence electrons. The van der Waals surface area contributed by atoms with Gasteiger partial charge >= 0.3 is 0 Å². The van der Waals surface area contributed by atoms with Crippen molar-refractivity contribution in [1.29, 1.82) is 0 Å². The molecule has 1 heterocycles. The zero-order valence-corrected chi connectivity index (χ0v) is 7.68. The molecule has 1 aromatic rings. The summed E-state index contributed by atoms with van der Waals surface area (Å²) in [6.07, 6.45) is -2.36. The third-order valence-corrected chi connectivity index (χ3v) is 1.59. The Morgan fingerprint density at radius 1 is 1.50 bits per heavy atom. The monoisotopic (exact) mass is 236 g/mol. The lowest BCUT2D eigenvalue weighted by atomic mass is 10.4. The Labute approximate surface area is 77.1 Å². The molecule has 0 bridgehead atoms. The number of anilines is 1. The molecular weight excluding hydrogens is 230 g/mol. The highest BCUT2D eigenvalue weighted by Crippen LogP contribution is 2.10. The fourth-order valence-corrected chi connectivity index (χ4v) is 1.03. The Balaban J connectivity index is 2.52. The van der Waals surface area contributed by atoms with Gasteiger partial charge in [-0.3, -0.25) is 0 Å². The third-order valence-electron chi connectivity index (χ3n) is 1.15. The Kier molecular flexibility index (Phi) is 3.40. The first-order chi connectivity index (χ1) is 5.68. The highest BCUT2D eigenvalue weighted by Gasteiger charge is 2.01. The van der Waals surface area contributed by atoms with E-state index in [9.17, 15) is 8.78 Å². The van der Waals surface area contributed by atoms with Gasteiger partial charge in [-0.25, -0.2) is 13.8 Å². The molecule has 0 aliphatic heterocycles. The van der Waals surface area contributed by atoms with Gasteiger partial charge in [0.2, 0.25) is 0 Å². The summed E-state index contributed by atoms with van der Waals surface area (Å²) in [5.41, 5.74) is 0. The van der Waals surface area contributed by atoms with E-state index in [0.29, 0.717) is 10.4 Å². The van der Waals surface area contributed by atoms with Crippen LogP contribution in [-0.4, -0.2) is 18.0 Å². The molecule has 0 amide bonds. The molecular formula is C7H7BrF2N2. The van der Waals surface area contributed by atoms with E-state index in [4.69, 9.17) is 0 Å².